The first-order valence-corrected chi connectivity index (χ1v) is 6.95. The van der Waals surface area contributed by atoms with Gasteiger partial charge in [0.15, 0.2) is 0 Å². The fraction of sp³-hybridized carbons (Fsp3) is 0.643. The van der Waals surface area contributed by atoms with Crippen molar-refractivity contribution >= 4 is 5.69 Å². The van der Waals surface area contributed by atoms with Crippen molar-refractivity contribution < 1.29 is 0 Å². The molecule has 18 heavy (non-hydrogen) atoms. The van der Waals surface area contributed by atoms with Crippen LogP contribution in [0.2, 0.25) is 0 Å². The van der Waals surface area contributed by atoms with Crippen LogP contribution in [0.15, 0.2) is 18.3 Å². The Hall–Kier alpha value is -1.13. The minimum Gasteiger partial charge on any atom is -0.369 e. The van der Waals surface area contributed by atoms with E-state index in [0.717, 1.165) is 24.8 Å². The summed E-state index contributed by atoms with van der Waals surface area (Å²) in [5.74, 6) is 0. The van der Waals surface area contributed by atoms with Crippen molar-refractivity contribution in [1.82, 2.24) is 15.2 Å². The molecule has 1 aromatic rings. The maximum atomic E-state index is 4.27. The van der Waals surface area contributed by atoms with E-state index in [2.05, 4.69) is 39.2 Å². The molecule has 1 aromatic heterocycles. The highest BCUT2D eigenvalue weighted by Crippen LogP contribution is 2.18. The molecule has 1 atom stereocenters. The smallest absolute Gasteiger partial charge is 0.0400 e. The molecule has 0 aromatic carbocycles. The summed E-state index contributed by atoms with van der Waals surface area (Å²) in [7, 11) is 0. The third-order valence-corrected chi connectivity index (χ3v) is 4.11. The second-order valence-corrected chi connectivity index (χ2v) is 5.33. The highest BCUT2D eigenvalue weighted by atomic mass is 15.3. The average Bonchev–Trinajstić information content (AvgIpc) is 2.93. The van der Waals surface area contributed by atoms with Crippen molar-refractivity contribution in [3.05, 3.63) is 24.0 Å². The SMILES string of the molecule is Cc1cc(N2CCN(C3CCNC3)CC2)ccn1. The molecular formula is C14H22N4. The summed E-state index contributed by atoms with van der Waals surface area (Å²) in [5.41, 5.74) is 2.43. The van der Waals surface area contributed by atoms with Crippen LogP contribution in [0.25, 0.3) is 0 Å². The number of aromatic nitrogens is 1. The molecule has 0 spiro atoms. The van der Waals surface area contributed by atoms with E-state index in [4.69, 9.17) is 0 Å². The van der Waals surface area contributed by atoms with Crippen LogP contribution in [0, 0.1) is 6.92 Å². The van der Waals surface area contributed by atoms with E-state index in [0.29, 0.717) is 0 Å². The Kier molecular flexibility index (Phi) is 3.48. The second kappa shape index (κ2) is 5.24. The Morgan fingerprint density at radius 1 is 1.28 bits per heavy atom. The summed E-state index contributed by atoms with van der Waals surface area (Å²) < 4.78 is 0. The van der Waals surface area contributed by atoms with E-state index in [1.807, 2.05) is 6.20 Å². The molecule has 0 saturated carbocycles. The van der Waals surface area contributed by atoms with Gasteiger partial charge < -0.3 is 10.2 Å². The molecule has 1 N–H and O–H groups in total. The molecule has 1 unspecified atom stereocenters. The van der Waals surface area contributed by atoms with Gasteiger partial charge >= 0.3 is 0 Å². The lowest BCUT2D eigenvalue weighted by atomic mass is 10.2. The molecule has 0 aliphatic carbocycles. The second-order valence-electron chi connectivity index (χ2n) is 5.33. The number of rotatable bonds is 2. The molecule has 98 valence electrons. The fourth-order valence-electron chi connectivity index (χ4n) is 3.02. The summed E-state index contributed by atoms with van der Waals surface area (Å²) in [6, 6.07) is 5.08. The number of aryl methyl sites for hydroxylation is 1. The fourth-order valence-corrected chi connectivity index (χ4v) is 3.02. The molecule has 4 heteroatoms. The highest BCUT2D eigenvalue weighted by molar-refractivity contribution is 5.46. The van der Waals surface area contributed by atoms with Crippen LogP contribution in [0.5, 0.6) is 0 Å². The van der Waals surface area contributed by atoms with Crippen LogP contribution < -0.4 is 10.2 Å². The molecule has 0 amide bonds. The van der Waals surface area contributed by atoms with Gasteiger partial charge in [-0.15, -0.1) is 0 Å². The number of nitrogens with zero attached hydrogens (tertiary/aromatic N) is 3. The van der Waals surface area contributed by atoms with Gasteiger partial charge in [-0.25, -0.2) is 0 Å². The van der Waals surface area contributed by atoms with Crippen LogP contribution in [-0.2, 0) is 0 Å². The normalized spacial score (nSPS) is 25.6. The first-order valence-electron chi connectivity index (χ1n) is 6.95. The standard InChI is InChI=1S/C14H22N4/c1-12-10-13(3-5-16-12)17-6-8-18(9-7-17)14-2-4-15-11-14/h3,5,10,14-15H,2,4,6-9,11H2,1H3. The Balaban J connectivity index is 1.59. The highest BCUT2D eigenvalue weighted by Gasteiger charge is 2.25. The number of anilines is 1. The first-order chi connectivity index (χ1) is 8.83. The van der Waals surface area contributed by atoms with Gasteiger partial charge in [-0.3, -0.25) is 9.88 Å². The van der Waals surface area contributed by atoms with Crippen molar-refractivity contribution in [2.24, 2.45) is 0 Å². The maximum Gasteiger partial charge on any atom is 0.0400 e. The predicted octanol–water partition coefficient (Wildman–Crippen LogP) is 0.874. The van der Waals surface area contributed by atoms with Crippen LogP contribution >= 0.6 is 0 Å². The largest absolute Gasteiger partial charge is 0.369 e. The summed E-state index contributed by atoms with van der Waals surface area (Å²) in [5, 5.41) is 3.46. The van der Waals surface area contributed by atoms with Crippen molar-refractivity contribution in [2.75, 3.05) is 44.2 Å². The number of hydrogen-bond acceptors (Lipinski definition) is 4. The molecule has 2 fully saturated rings. The molecule has 4 nitrogen and oxygen atoms in total. The van der Waals surface area contributed by atoms with Gasteiger partial charge in [0.05, 0.1) is 0 Å². The third-order valence-electron chi connectivity index (χ3n) is 4.11. The zero-order chi connectivity index (χ0) is 12.4. The summed E-state index contributed by atoms with van der Waals surface area (Å²) in [4.78, 5) is 9.39. The van der Waals surface area contributed by atoms with Crippen LogP contribution in [-0.4, -0.2) is 55.2 Å². The molecule has 0 radical (unpaired) electrons. The van der Waals surface area contributed by atoms with E-state index >= 15 is 0 Å². The number of hydrogen-bond donors (Lipinski definition) is 1. The molecule has 2 aliphatic rings. The molecule has 0 bridgehead atoms. The minimum absolute atomic E-state index is 0.770. The predicted molar refractivity (Wildman–Crippen MR) is 74.0 cm³/mol. The van der Waals surface area contributed by atoms with E-state index in [-0.39, 0.29) is 0 Å². The van der Waals surface area contributed by atoms with Gasteiger partial charge in [0.1, 0.15) is 0 Å². The number of piperazine rings is 1. The van der Waals surface area contributed by atoms with Crippen molar-refractivity contribution in [3.63, 3.8) is 0 Å². The zero-order valence-electron chi connectivity index (χ0n) is 11.1. The topological polar surface area (TPSA) is 31.4 Å². The van der Waals surface area contributed by atoms with Crippen molar-refractivity contribution in [3.8, 4) is 0 Å². The van der Waals surface area contributed by atoms with Gasteiger partial charge in [0.25, 0.3) is 0 Å². The Morgan fingerprint density at radius 3 is 2.78 bits per heavy atom. The van der Waals surface area contributed by atoms with Crippen LogP contribution in [0.4, 0.5) is 5.69 Å². The van der Waals surface area contributed by atoms with E-state index in [1.165, 1.54) is 38.3 Å². The minimum atomic E-state index is 0.770. The quantitative estimate of drug-likeness (QED) is 0.839. The monoisotopic (exact) mass is 246 g/mol. The van der Waals surface area contributed by atoms with Crippen molar-refractivity contribution in [2.45, 2.75) is 19.4 Å². The lowest BCUT2D eigenvalue weighted by Gasteiger charge is -2.38. The summed E-state index contributed by atoms with van der Waals surface area (Å²) >= 11 is 0. The van der Waals surface area contributed by atoms with Crippen molar-refractivity contribution in [1.29, 1.82) is 0 Å². The first kappa shape index (κ1) is 11.9. The number of nitrogens with one attached hydrogen (secondary N) is 1. The Labute approximate surface area is 109 Å². The summed E-state index contributed by atoms with van der Waals surface area (Å²) in [6.07, 6.45) is 3.23. The van der Waals surface area contributed by atoms with Gasteiger partial charge in [-0.05, 0) is 32.0 Å². The van der Waals surface area contributed by atoms with Gasteiger partial charge in [0, 0.05) is 56.3 Å². The zero-order valence-corrected chi connectivity index (χ0v) is 11.1. The van der Waals surface area contributed by atoms with Crippen LogP contribution in [0.3, 0.4) is 0 Å². The summed E-state index contributed by atoms with van der Waals surface area (Å²) in [6.45, 7) is 9.08. The van der Waals surface area contributed by atoms with Gasteiger partial charge in [0.2, 0.25) is 0 Å². The third kappa shape index (κ3) is 2.49. The van der Waals surface area contributed by atoms with E-state index < -0.39 is 0 Å². The Morgan fingerprint density at radius 2 is 2.11 bits per heavy atom. The molecule has 2 aliphatic heterocycles. The molecule has 2 saturated heterocycles. The molecule has 3 rings (SSSR count). The molecule has 3 heterocycles. The average molecular weight is 246 g/mol. The lowest BCUT2D eigenvalue weighted by molar-refractivity contribution is 0.196. The lowest BCUT2D eigenvalue weighted by Crippen LogP contribution is -2.51. The van der Waals surface area contributed by atoms with Gasteiger partial charge in [-0.2, -0.15) is 0 Å². The molecular weight excluding hydrogens is 224 g/mol. The van der Waals surface area contributed by atoms with Crippen LogP contribution in [0.1, 0.15) is 12.1 Å². The Bertz CT molecular complexity index is 393. The van der Waals surface area contributed by atoms with Gasteiger partial charge in [-0.1, -0.05) is 0 Å². The van der Waals surface area contributed by atoms with E-state index in [1.54, 1.807) is 0 Å². The maximum absolute atomic E-state index is 4.27. The van der Waals surface area contributed by atoms with E-state index in [9.17, 15) is 0 Å². The number of pyridine rings is 1.